The third-order valence-electron chi connectivity index (χ3n) is 3.33. The van der Waals surface area contributed by atoms with Gasteiger partial charge >= 0.3 is 0 Å². The lowest BCUT2D eigenvalue weighted by molar-refractivity contribution is 0.976. The van der Waals surface area contributed by atoms with Gasteiger partial charge in [-0.15, -0.1) is 0 Å². The summed E-state index contributed by atoms with van der Waals surface area (Å²) < 4.78 is 1.01. The van der Waals surface area contributed by atoms with Gasteiger partial charge in [-0.05, 0) is 60.0 Å². The quantitative estimate of drug-likeness (QED) is 0.486. The zero-order valence-electron chi connectivity index (χ0n) is 14.4. The molecule has 0 aliphatic carbocycles. The molecule has 1 aromatic carbocycles. The van der Waals surface area contributed by atoms with Gasteiger partial charge in [-0.1, -0.05) is 45.2 Å². The molecule has 0 aliphatic rings. The molecule has 0 aliphatic heterocycles. The van der Waals surface area contributed by atoms with E-state index < -0.39 is 0 Å². The third-order valence-corrected chi connectivity index (χ3v) is 4.16. The van der Waals surface area contributed by atoms with E-state index in [1.165, 1.54) is 0 Å². The number of hydrogen-bond acceptors (Lipinski definition) is 2. The van der Waals surface area contributed by atoms with Crippen molar-refractivity contribution >= 4 is 27.3 Å². The standard InChI is InChI=1S/C20H27BrN2/c1-6-9-12-16(4)22-18-14-11-15-19(20(18)21)23(8-3)17(5)13-10-7-2/h9-15,22H,4-8H2,1-3H3/b12-9-,13-10-. The Bertz CT molecular complexity index is 600. The van der Waals surface area contributed by atoms with Crippen molar-refractivity contribution in [1.29, 1.82) is 0 Å². The van der Waals surface area contributed by atoms with Crippen molar-refractivity contribution in [2.45, 2.75) is 33.6 Å². The van der Waals surface area contributed by atoms with Gasteiger partial charge in [0.25, 0.3) is 0 Å². The van der Waals surface area contributed by atoms with Gasteiger partial charge in [0.1, 0.15) is 0 Å². The van der Waals surface area contributed by atoms with E-state index in [4.69, 9.17) is 0 Å². The molecule has 0 radical (unpaired) electrons. The van der Waals surface area contributed by atoms with Gasteiger partial charge in [0.15, 0.2) is 0 Å². The molecule has 0 spiro atoms. The van der Waals surface area contributed by atoms with E-state index in [2.05, 4.69) is 84.4 Å². The van der Waals surface area contributed by atoms with Crippen LogP contribution in [0.15, 0.2) is 71.5 Å². The van der Waals surface area contributed by atoms with Crippen LogP contribution in [-0.4, -0.2) is 6.54 Å². The Morgan fingerprint density at radius 1 is 1.13 bits per heavy atom. The number of halogens is 1. The topological polar surface area (TPSA) is 15.3 Å². The second kappa shape index (κ2) is 10.1. The van der Waals surface area contributed by atoms with Crippen LogP contribution in [0, 0.1) is 0 Å². The predicted molar refractivity (Wildman–Crippen MR) is 108 cm³/mol. The highest BCUT2D eigenvalue weighted by Crippen LogP contribution is 2.35. The number of allylic oxidation sites excluding steroid dienone is 4. The number of nitrogens with one attached hydrogen (secondary N) is 1. The molecule has 0 aromatic heterocycles. The van der Waals surface area contributed by atoms with Crippen molar-refractivity contribution in [3.63, 3.8) is 0 Å². The largest absolute Gasteiger partial charge is 0.355 e. The Morgan fingerprint density at radius 3 is 2.39 bits per heavy atom. The van der Waals surface area contributed by atoms with Crippen molar-refractivity contribution < 1.29 is 0 Å². The van der Waals surface area contributed by atoms with Gasteiger partial charge in [-0.25, -0.2) is 0 Å². The molecular formula is C20H27BrN2. The van der Waals surface area contributed by atoms with E-state index in [0.717, 1.165) is 46.6 Å². The Morgan fingerprint density at radius 2 is 1.78 bits per heavy atom. The average Bonchev–Trinajstić information content (AvgIpc) is 2.54. The summed E-state index contributed by atoms with van der Waals surface area (Å²) in [4.78, 5) is 2.19. The lowest BCUT2D eigenvalue weighted by Gasteiger charge is -2.26. The molecule has 1 N–H and O–H groups in total. The van der Waals surface area contributed by atoms with Crippen LogP contribution in [0.3, 0.4) is 0 Å². The minimum Gasteiger partial charge on any atom is -0.355 e. The summed E-state index contributed by atoms with van der Waals surface area (Å²) in [6.07, 6.45) is 10.3. The molecule has 0 unspecified atom stereocenters. The summed E-state index contributed by atoms with van der Waals surface area (Å²) in [5.41, 5.74) is 3.95. The zero-order valence-corrected chi connectivity index (χ0v) is 16.0. The lowest BCUT2D eigenvalue weighted by Crippen LogP contribution is -2.20. The first-order valence-corrected chi connectivity index (χ1v) is 8.88. The molecule has 0 fully saturated rings. The van der Waals surface area contributed by atoms with Gasteiger partial charge in [0.2, 0.25) is 0 Å². The number of benzene rings is 1. The summed E-state index contributed by atoms with van der Waals surface area (Å²) in [5.74, 6) is 0. The first-order chi connectivity index (χ1) is 11.0. The van der Waals surface area contributed by atoms with Crippen molar-refractivity contribution in [3.8, 4) is 0 Å². The second-order valence-electron chi connectivity index (χ2n) is 5.15. The molecule has 2 nitrogen and oxygen atoms in total. The molecule has 0 heterocycles. The summed E-state index contributed by atoms with van der Waals surface area (Å²) in [7, 11) is 0. The fourth-order valence-electron chi connectivity index (χ4n) is 2.17. The van der Waals surface area contributed by atoms with Gasteiger partial charge in [-0.2, -0.15) is 0 Å². The molecule has 0 atom stereocenters. The number of anilines is 2. The Hall–Kier alpha value is -1.74. The first-order valence-electron chi connectivity index (χ1n) is 8.09. The summed E-state index contributed by atoms with van der Waals surface area (Å²) >= 11 is 3.72. The molecule has 3 heteroatoms. The Kier molecular flexibility index (Phi) is 8.49. The third kappa shape index (κ3) is 5.76. The van der Waals surface area contributed by atoms with Crippen LogP contribution in [0.1, 0.15) is 33.6 Å². The highest BCUT2D eigenvalue weighted by molar-refractivity contribution is 9.10. The van der Waals surface area contributed by atoms with Gasteiger partial charge < -0.3 is 10.2 Å². The minimum absolute atomic E-state index is 0.853. The van der Waals surface area contributed by atoms with E-state index in [-0.39, 0.29) is 0 Å². The van der Waals surface area contributed by atoms with E-state index in [0.29, 0.717) is 0 Å². The molecule has 124 valence electrons. The first kappa shape index (κ1) is 19.3. The van der Waals surface area contributed by atoms with Crippen molar-refractivity contribution in [1.82, 2.24) is 0 Å². The summed E-state index contributed by atoms with van der Waals surface area (Å²) in [6.45, 7) is 15.4. The minimum atomic E-state index is 0.853. The maximum absolute atomic E-state index is 4.18. The molecule has 1 rings (SSSR count). The maximum Gasteiger partial charge on any atom is 0.0647 e. The van der Waals surface area contributed by atoms with Crippen LogP contribution in [0.25, 0.3) is 0 Å². The van der Waals surface area contributed by atoms with Gasteiger partial charge in [0, 0.05) is 17.9 Å². The normalized spacial score (nSPS) is 11.1. The fourth-order valence-corrected chi connectivity index (χ4v) is 2.75. The van der Waals surface area contributed by atoms with Crippen molar-refractivity contribution in [2.24, 2.45) is 0 Å². The van der Waals surface area contributed by atoms with Crippen LogP contribution in [0.4, 0.5) is 11.4 Å². The monoisotopic (exact) mass is 374 g/mol. The number of likely N-dealkylation sites (N-methyl/N-ethyl adjacent to an activating group) is 1. The molecule has 0 saturated carbocycles. The second-order valence-corrected chi connectivity index (χ2v) is 5.94. The molecule has 0 bridgehead atoms. The van der Waals surface area contributed by atoms with E-state index in [1.807, 2.05) is 18.2 Å². The van der Waals surface area contributed by atoms with E-state index >= 15 is 0 Å². The van der Waals surface area contributed by atoms with Crippen LogP contribution in [0.5, 0.6) is 0 Å². The molecule has 23 heavy (non-hydrogen) atoms. The highest BCUT2D eigenvalue weighted by Gasteiger charge is 2.13. The molecular weight excluding hydrogens is 348 g/mol. The molecule has 1 aromatic rings. The summed E-state index contributed by atoms with van der Waals surface area (Å²) in [6, 6.07) is 6.17. The van der Waals surface area contributed by atoms with Crippen molar-refractivity contribution in [3.05, 3.63) is 71.5 Å². The number of rotatable bonds is 9. The smallest absolute Gasteiger partial charge is 0.0647 e. The van der Waals surface area contributed by atoms with E-state index in [1.54, 1.807) is 0 Å². The predicted octanol–water partition coefficient (Wildman–Crippen LogP) is 6.65. The van der Waals surface area contributed by atoms with Gasteiger partial charge in [0.05, 0.1) is 15.8 Å². The van der Waals surface area contributed by atoms with Crippen molar-refractivity contribution in [2.75, 3.05) is 16.8 Å². The number of nitrogens with zero attached hydrogens (tertiary/aromatic N) is 1. The zero-order chi connectivity index (χ0) is 17.2. The highest BCUT2D eigenvalue weighted by atomic mass is 79.9. The van der Waals surface area contributed by atoms with Crippen LogP contribution in [-0.2, 0) is 0 Å². The van der Waals surface area contributed by atoms with Crippen LogP contribution < -0.4 is 10.2 Å². The maximum atomic E-state index is 4.18. The summed E-state index contributed by atoms with van der Waals surface area (Å²) in [5, 5.41) is 3.34. The van der Waals surface area contributed by atoms with E-state index in [9.17, 15) is 0 Å². The fraction of sp³-hybridized carbons (Fsp3) is 0.300. The van der Waals surface area contributed by atoms with Crippen LogP contribution >= 0.6 is 15.9 Å². The molecule has 0 saturated heterocycles. The Labute approximate surface area is 149 Å². The Balaban J connectivity index is 3.06. The lowest BCUT2D eigenvalue weighted by atomic mass is 10.2. The van der Waals surface area contributed by atoms with Crippen LogP contribution in [0.2, 0.25) is 0 Å². The SMILES string of the molecule is C=C(/C=C\CC)Nc1cccc(N(CC)C(=C)/C=C\CC)c1Br. The number of hydrogen-bond donors (Lipinski definition) is 1. The molecule has 0 amide bonds. The van der Waals surface area contributed by atoms with Gasteiger partial charge in [-0.3, -0.25) is 0 Å². The average molecular weight is 375 g/mol.